The molecule has 0 fully saturated rings. The van der Waals surface area contributed by atoms with Gasteiger partial charge in [-0.05, 0) is 12.8 Å². The Bertz CT molecular complexity index is 629. The molecule has 0 aromatic heterocycles. The third-order valence-corrected chi connectivity index (χ3v) is 7.47. The number of ether oxygens (including phenoxy) is 11. The fourth-order valence-electron chi connectivity index (χ4n) is 4.58. The number of hydrogen-bond acceptors (Lipinski definition) is 12. The van der Waals surface area contributed by atoms with Gasteiger partial charge in [0.05, 0.1) is 126 Å². The average Bonchev–Trinajstić information content (AvgIpc) is 3.12. The van der Waals surface area contributed by atoms with Crippen LogP contribution in [0.3, 0.4) is 0 Å². The molecule has 0 aromatic carbocycles. The summed E-state index contributed by atoms with van der Waals surface area (Å²) in [6, 6.07) is 0. The van der Waals surface area contributed by atoms with Crippen molar-refractivity contribution >= 4 is 5.97 Å². The molecule has 0 saturated heterocycles. The minimum Gasteiger partial charge on any atom is -0.463 e. The van der Waals surface area contributed by atoms with Crippen LogP contribution in [0.15, 0.2) is 0 Å². The summed E-state index contributed by atoms with van der Waals surface area (Å²) in [5, 5.41) is 0. The van der Waals surface area contributed by atoms with E-state index < -0.39 is 0 Å². The highest BCUT2D eigenvalue weighted by Crippen LogP contribution is 2.08. The van der Waals surface area contributed by atoms with Gasteiger partial charge in [0.1, 0.15) is 6.61 Å². The van der Waals surface area contributed by atoms with Gasteiger partial charge in [0.25, 0.3) is 0 Å². The zero-order chi connectivity index (χ0) is 36.1. The van der Waals surface area contributed by atoms with Crippen LogP contribution < -0.4 is 0 Å². The van der Waals surface area contributed by atoms with Crippen LogP contribution in [0.5, 0.6) is 0 Å². The molecule has 0 atom stereocenters. The van der Waals surface area contributed by atoms with Crippen molar-refractivity contribution in [2.45, 2.75) is 104 Å². The zero-order valence-electron chi connectivity index (χ0n) is 32.1. The van der Waals surface area contributed by atoms with E-state index in [9.17, 15) is 4.79 Å². The zero-order valence-corrected chi connectivity index (χ0v) is 32.1. The van der Waals surface area contributed by atoms with Gasteiger partial charge in [-0.1, -0.05) is 84.5 Å². The SMILES string of the molecule is CCCCCCCCCCOCCOCCOCCOCCOCCOCCOCCOCCOCCOCCOC(=O)CCCCCCC. The van der Waals surface area contributed by atoms with Crippen molar-refractivity contribution < 1.29 is 56.9 Å². The Morgan fingerprint density at radius 2 is 0.520 bits per heavy atom. The van der Waals surface area contributed by atoms with Crippen LogP contribution in [0.1, 0.15) is 104 Å². The Morgan fingerprint density at radius 3 is 0.840 bits per heavy atom. The third kappa shape index (κ3) is 45.1. The van der Waals surface area contributed by atoms with Gasteiger partial charge in [0, 0.05) is 13.0 Å². The monoisotopic (exact) mass is 725 g/mol. The van der Waals surface area contributed by atoms with Crippen LogP contribution in [0, 0.1) is 0 Å². The summed E-state index contributed by atoms with van der Waals surface area (Å²) in [7, 11) is 0. The Kier molecular flexibility index (Phi) is 45.2. The highest BCUT2D eigenvalue weighted by Gasteiger charge is 2.02. The number of esters is 1. The molecule has 12 nitrogen and oxygen atoms in total. The molecule has 0 N–H and O–H groups in total. The molecule has 0 heterocycles. The standard InChI is InChI=1S/C38H76O12/c1-3-5-7-9-10-11-13-15-17-40-18-19-41-20-21-42-22-23-43-24-25-44-26-27-45-28-29-46-30-31-47-32-33-48-34-35-49-36-37-50-38(39)16-14-12-8-6-4-2/h3-37H2,1-2H3. The molecule has 0 bridgehead atoms. The average molecular weight is 725 g/mol. The summed E-state index contributed by atoms with van der Waals surface area (Å²) >= 11 is 0. The minimum absolute atomic E-state index is 0.144. The van der Waals surface area contributed by atoms with Gasteiger partial charge in [-0.15, -0.1) is 0 Å². The van der Waals surface area contributed by atoms with E-state index in [1.165, 1.54) is 64.2 Å². The highest BCUT2D eigenvalue weighted by molar-refractivity contribution is 5.69. The van der Waals surface area contributed by atoms with Crippen molar-refractivity contribution in [3.63, 3.8) is 0 Å². The van der Waals surface area contributed by atoms with E-state index in [-0.39, 0.29) is 12.6 Å². The lowest BCUT2D eigenvalue weighted by Crippen LogP contribution is -2.15. The first-order valence-corrected chi connectivity index (χ1v) is 19.7. The normalized spacial score (nSPS) is 11.5. The number of carbonyl (C=O) groups is 1. The third-order valence-electron chi connectivity index (χ3n) is 7.47. The second-order valence-corrected chi connectivity index (χ2v) is 12.0. The van der Waals surface area contributed by atoms with Crippen LogP contribution in [0.4, 0.5) is 0 Å². The second-order valence-electron chi connectivity index (χ2n) is 12.0. The van der Waals surface area contributed by atoms with Crippen LogP contribution in [-0.2, 0) is 56.9 Å². The summed E-state index contributed by atoms with van der Waals surface area (Å²) in [5.41, 5.74) is 0. The number of unbranched alkanes of at least 4 members (excludes halogenated alkanes) is 11. The molecule has 0 aliphatic carbocycles. The Morgan fingerprint density at radius 1 is 0.280 bits per heavy atom. The van der Waals surface area contributed by atoms with E-state index in [0.29, 0.717) is 132 Å². The first-order chi connectivity index (χ1) is 24.8. The fourth-order valence-corrected chi connectivity index (χ4v) is 4.58. The number of carbonyl (C=O) groups excluding carboxylic acids is 1. The summed E-state index contributed by atoms with van der Waals surface area (Å²) < 4.78 is 60.2. The summed E-state index contributed by atoms with van der Waals surface area (Å²) in [5.74, 6) is -0.144. The lowest BCUT2D eigenvalue weighted by Gasteiger charge is -2.09. The van der Waals surface area contributed by atoms with Crippen molar-refractivity contribution in [3.05, 3.63) is 0 Å². The van der Waals surface area contributed by atoms with Crippen molar-refractivity contribution in [1.82, 2.24) is 0 Å². The van der Waals surface area contributed by atoms with Crippen molar-refractivity contribution in [2.24, 2.45) is 0 Å². The molecule has 0 saturated carbocycles. The summed E-state index contributed by atoms with van der Waals surface area (Å²) in [6.45, 7) is 15.4. The van der Waals surface area contributed by atoms with Gasteiger partial charge in [-0.25, -0.2) is 0 Å². The van der Waals surface area contributed by atoms with Gasteiger partial charge in [0.15, 0.2) is 0 Å². The van der Waals surface area contributed by atoms with E-state index in [2.05, 4.69) is 13.8 Å². The molecular weight excluding hydrogens is 648 g/mol. The topological polar surface area (TPSA) is 119 Å². The second kappa shape index (κ2) is 46.1. The molecule has 0 amide bonds. The quantitative estimate of drug-likeness (QED) is 0.0526. The number of hydrogen-bond donors (Lipinski definition) is 0. The molecule has 0 radical (unpaired) electrons. The number of rotatable bonds is 45. The van der Waals surface area contributed by atoms with E-state index in [1.807, 2.05) is 0 Å². The predicted octanol–water partition coefficient (Wildman–Crippen LogP) is 6.20. The van der Waals surface area contributed by atoms with Crippen LogP contribution >= 0.6 is 0 Å². The Balaban J connectivity index is 3.08. The largest absolute Gasteiger partial charge is 0.463 e. The fraction of sp³-hybridized carbons (Fsp3) is 0.974. The van der Waals surface area contributed by atoms with Crippen molar-refractivity contribution in [1.29, 1.82) is 0 Å². The first-order valence-electron chi connectivity index (χ1n) is 19.7. The molecule has 0 aliphatic rings. The van der Waals surface area contributed by atoms with E-state index in [4.69, 9.17) is 52.1 Å². The van der Waals surface area contributed by atoms with E-state index in [1.54, 1.807) is 0 Å². The molecule has 12 heteroatoms. The maximum atomic E-state index is 11.6. The molecule has 0 spiro atoms. The maximum absolute atomic E-state index is 11.6. The molecule has 0 aromatic rings. The van der Waals surface area contributed by atoms with Gasteiger partial charge in [-0.2, -0.15) is 0 Å². The van der Waals surface area contributed by atoms with Gasteiger partial charge in [0.2, 0.25) is 0 Å². The van der Waals surface area contributed by atoms with Crippen LogP contribution in [0.2, 0.25) is 0 Å². The molecule has 0 unspecified atom stereocenters. The Labute approximate surface area is 305 Å². The predicted molar refractivity (Wildman–Crippen MR) is 195 cm³/mol. The lowest BCUT2D eigenvalue weighted by atomic mass is 10.1. The molecular formula is C38H76O12. The Hall–Kier alpha value is -0.930. The smallest absolute Gasteiger partial charge is 0.305 e. The minimum atomic E-state index is -0.144. The highest BCUT2D eigenvalue weighted by atomic mass is 16.6. The van der Waals surface area contributed by atoms with Crippen LogP contribution in [-0.4, -0.2) is 145 Å². The van der Waals surface area contributed by atoms with E-state index in [0.717, 1.165) is 25.9 Å². The lowest BCUT2D eigenvalue weighted by molar-refractivity contribution is -0.145. The first kappa shape index (κ1) is 49.1. The molecule has 0 rings (SSSR count). The molecule has 0 aliphatic heterocycles. The summed E-state index contributed by atoms with van der Waals surface area (Å²) in [4.78, 5) is 11.6. The molecule has 300 valence electrons. The van der Waals surface area contributed by atoms with Crippen LogP contribution in [0.25, 0.3) is 0 Å². The van der Waals surface area contributed by atoms with E-state index >= 15 is 0 Å². The summed E-state index contributed by atoms with van der Waals surface area (Å²) in [6.07, 6.45) is 16.6. The van der Waals surface area contributed by atoms with Gasteiger partial charge >= 0.3 is 5.97 Å². The van der Waals surface area contributed by atoms with Gasteiger partial charge < -0.3 is 52.1 Å². The van der Waals surface area contributed by atoms with Gasteiger partial charge in [-0.3, -0.25) is 4.79 Å². The van der Waals surface area contributed by atoms with Crippen molar-refractivity contribution in [3.8, 4) is 0 Å². The molecule has 50 heavy (non-hydrogen) atoms. The van der Waals surface area contributed by atoms with Crippen molar-refractivity contribution in [2.75, 3.05) is 139 Å². The maximum Gasteiger partial charge on any atom is 0.305 e.